The summed E-state index contributed by atoms with van der Waals surface area (Å²) >= 11 is 0. The Kier molecular flexibility index (Phi) is 8.28. The lowest BCUT2D eigenvalue weighted by Gasteiger charge is -2.33. The van der Waals surface area contributed by atoms with Crippen LogP contribution in [-0.4, -0.2) is 82.4 Å². The fourth-order valence-electron chi connectivity index (χ4n) is 4.60. The molecule has 9 nitrogen and oxygen atoms in total. The van der Waals surface area contributed by atoms with Gasteiger partial charge in [0.15, 0.2) is 5.82 Å². The van der Waals surface area contributed by atoms with E-state index in [4.69, 9.17) is 9.97 Å². The topological polar surface area (TPSA) is 106 Å². The molecule has 1 aliphatic rings. The molecular weight excluding hydrogens is 490 g/mol. The van der Waals surface area contributed by atoms with Gasteiger partial charge in [0.25, 0.3) is 5.91 Å². The summed E-state index contributed by atoms with van der Waals surface area (Å²) in [6, 6.07) is 21.8. The van der Waals surface area contributed by atoms with Crippen LogP contribution < -0.4 is 10.6 Å². The van der Waals surface area contributed by atoms with Crippen LogP contribution in [0.2, 0.25) is 0 Å². The van der Waals surface area contributed by atoms with E-state index in [-0.39, 0.29) is 11.8 Å². The van der Waals surface area contributed by atoms with Gasteiger partial charge in [0, 0.05) is 58.3 Å². The van der Waals surface area contributed by atoms with Crippen LogP contribution in [0.15, 0.2) is 72.8 Å². The first-order valence-electron chi connectivity index (χ1n) is 13.2. The average Bonchev–Trinajstić information content (AvgIpc) is 3.41. The van der Waals surface area contributed by atoms with Gasteiger partial charge in [-0.25, -0.2) is 9.97 Å². The number of aromatic nitrogens is 3. The molecule has 3 N–H and O–H groups in total. The van der Waals surface area contributed by atoms with Crippen molar-refractivity contribution in [2.24, 2.45) is 0 Å². The molecule has 39 heavy (non-hydrogen) atoms. The monoisotopic (exact) mass is 523 g/mol. The Labute approximate surface area is 228 Å². The van der Waals surface area contributed by atoms with Gasteiger partial charge in [0.1, 0.15) is 17.2 Å². The number of amides is 2. The first-order valence-corrected chi connectivity index (χ1v) is 13.2. The minimum absolute atomic E-state index is 0.0436. The number of carbonyl (C=O) groups excluding carboxylic acids is 2. The highest BCUT2D eigenvalue weighted by Crippen LogP contribution is 2.26. The number of anilines is 1. The van der Waals surface area contributed by atoms with Crippen LogP contribution in [0, 0.1) is 0 Å². The maximum absolute atomic E-state index is 13.4. The molecule has 2 aromatic heterocycles. The second-order valence-electron chi connectivity index (χ2n) is 9.52. The third-order valence-electron chi connectivity index (χ3n) is 6.67. The Hall–Kier alpha value is -4.50. The lowest BCUT2D eigenvalue weighted by molar-refractivity contribution is -0.118. The molecule has 0 spiro atoms. The first-order chi connectivity index (χ1) is 19.1. The average molecular weight is 524 g/mol. The van der Waals surface area contributed by atoms with Crippen molar-refractivity contribution >= 4 is 34.7 Å². The van der Waals surface area contributed by atoms with E-state index in [1.807, 2.05) is 59.5 Å². The number of rotatable bonds is 9. The van der Waals surface area contributed by atoms with Gasteiger partial charge >= 0.3 is 0 Å². The summed E-state index contributed by atoms with van der Waals surface area (Å²) in [6.07, 6.45) is 4.31. The molecular formula is C30H33N7O2. The van der Waals surface area contributed by atoms with Crippen molar-refractivity contribution in [3.05, 3.63) is 84.1 Å². The Bertz CT molecular complexity index is 1440. The molecule has 4 aromatic rings. The summed E-state index contributed by atoms with van der Waals surface area (Å²) < 4.78 is 0. The molecule has 1 fully saturated rings. The Morgan fingerprint density at radius 2 is 1.67 bits per heavy atom. The number of nitrogens with one attached hydrogen (secondary N) is 3. The fourth-order valence-corrected chi connectivity index (χ4v) is 4.60. The Morgan fingerprint density at radius 1 is 0.949 bits per heavy atom. The van der Waals surface area contributed by atoms with Gasteiger partial charge in [-0.3, -0.25) is 14.5 Å². The zero-order valence-electron chi connectivity index (χ0n) is 22.1. The molecule has 0 unspecified atom stereocenters. The van der Waals surface area contributed by atoms with E-state index in [9.17, 15) is 9.59 Å². The van der Waals surface area contributed by atoms with Gasteiger partial charge < -0.3 is 20.5 Å². The number of hydrogen-bond donors (Lipinski definition) is 3. The van der Waals surface area contributed by atoms with Crippen molar-refractivity contribution in [1.82, 2.24) is 30.1 Å². The summed E-state index contributed by atoms with van der Waals surface area (Å²) in [5, 5.41) is 6.82. The van der Waals surface area contributed by atoms with E-state index in [1.165, 1.54) is 12.5 Å². The highest BCUT2D eigenvalue weighted by molar-refractivity contribution is 6.00. The Morgan fingerprint density at radius 3 is 2.38 bits per heavy atom. The van der Waals surface area contributed by atoms with E-state index in [1.54, 1.807) is 0 Å². The molecule has 1 aliphatic heterocycles. The van der Waals surface area contributed by atoms with Crippen molar-refractivity contribution in [1.29, 1.82) is 0 Å². The molecule has 200 valence electrons. The second kappa shape index (κ2) is 12.4. The fraction of sp³-hybridized carbons (Fsp3) is 0.267. The number of nitrogens with zero attached hydrogens (tertiary/aromatic N) is 4. The summed E-state index contributed by atoms with van der Waals surface area (Å²) in [5.41, 5.74) is 3.16. The number of carbonyl (C=O) groups is 2. The minimum Gasteiger partial charge on any atom is -0.368 e. The summed E-state index contributed by atoms with van der Waals surface area (Å²) in [6.45, 7) is 6.26. The van der Waals surface area contributed by atoms with Gasteiger partial charge in [-0.05, 0) is 11.6 Å². The van der Waals surface area contributed by atoms with Crippen molar-refractivity contribution in [3.8, 4) is 11.4 Å². The van der Waals surface area contributed by atoms with Crippen LogP contribution in [0.1, 0.15) is 23.0 Å². The number of fused-ring (bicyclic) bond motifs is 1. The van der Waals surface area contributed by atoms with Crippen molar-refractivity contribution in [2.75, 3.05) is 51.1 Å². The maximum atomic E-state index is 13.4. The first kappa shape index (κ1) is 26.1. The third kappa shape index (κ3) is 6.69. The zero-order valence-corrected chi connectivity index (χ0v) is 22.1. The van der Waals surface area contributed by atoms with Gasteiger partial charge in [-0.2, -0.15) is 0 Å². The molecule has 0 radical (unpaired) electrons. The molecule has 2 aromatic carbocycles. The van der Waals surface area contributed by atoms with Crippen molar-refractivity contribution in [2.45, 2.75) is 6.92 Å². The van der Waals surface area contributed by atoms with Crippen LogP contribution >= 0.6 is 0 Å². The van der Waals surface area contributed by atoms with Gasteiger partial charge in [-0.15, -0.1) is 0 Å². The molecule has 0 saturated carbocycles. The molecule has 0 aliphatic carbocycles. The largest absolute Gasteiger partial charge is 0.368 e. The molecule has 3 heterocycles. The van der Waals surface area contributed by atoms with Crippen LogP contribution in [0.4, 0.5) is 5.82 Å². The third-order valence-corrected chi connectivity index (χ3v) is 6.67. The molecule has 5 rings (SSSR count). The summed E-state index contributed by atoms with van der Waals surface area (Å²) in [4.78, 5) is 41.6. The van der Waals surface area contributed by atoms with Crippen LogP contribution in [0.5, 0.6) is 0 Å². The van der Waals surface area contributed by atoms with Gasteiger partial charge in [0.2, 0.25) is 5.91 Å². The van der Waals surface area contributed by atoms with E-state index in [0.29, 0.717) is 49.2 Å². The summed E-state index contributed by atoms with van der Waals surface area (Å²) in [5.74, 6) is 1.05. The molecule has 9 heteroatoms. The van der Waals surface area contributed by atoms with Crippen LogP contribution in [0.25, 0.3) is 28.5 Å². The molecule has 1 saturated heterocycles. The van der Waals surface area contributed by atoms with Crippen LogP contribution in [0.3, 0.4) is 0 Å². The zero-order chi connectivity index (χ0) is 27.0. The number of piperazine rings is 1. The van der Waals surface area contributed by atoms with Gasteiger partial charge in [0.05, 0.1) is 5.39 Å². The number of aromatic amines is 1. The van der Waals surface area contributed by atoms with E-state index >= 15 is 0 Å². The smallest absolute Gasteiger partial charge is 0.270 e. The molecule has 0 atom stereocenters. The number of hydrogen-bond acceptors (Lipinski definition) is 6. The normalized spacial score (nSPS) is 14.1. The van der Waals surface area contributed by atoms with E-state index < -0.39 is 0 Å². The SMILES string of the molecule is CC(=O)NCCNc1nc(-c2ccccc2)nc2[nH]c(C(=O)N3CCN(CC=Cc4ccccc4)CC3)cc12. The van der Waals surface area contributed by atoms with E-state index in [2.05, 4.69) is 44.8 Å². The van der Waals surface area contributed by atoms with Gasteiger partial charge in [-0.1, -0.05) is 72.8 Å². The van der Waals surface area contributed by atoms with Crippen LogP contribution in [-0.2, 0) is 4.79 Å². The number of benzene rings is 2. The van der Waals surface area contributed by atoms with Crippen molar-refractivity contribution < 1.29 is 9.59 Å². The molecule has 2 amide bonds. The number of H-pyrrole nitrogens is 1. The summed E-state index contributed by atoms with van der Waals surface area (Å²) in [7, 11) is 0. The lowest BCUT2D eigenvalue weighted by Crippen LogP contribution is -2.48. The standard InChI is InChI=1S/C30H33N7O2/c1-22(38)31-14-15-32-28-25-21-26(33-29(25)35-27(34-28)24-12-6-3-7-13-24)30(39)37-19-17-36(18-20-37)16-8-11-23-9-4-2-5-10-23/h2-13,21H,14-20H2,1H3,(H,31,38)(H2,32,33,34,35). The van der Waals surface area contributed by atoms with Crippen molar-refractivity contribution in [3.63, 3.8) is 0 Å². The highest BCUT2D eigenvalue weighted by atomic mass is 16.2. The lowest BCUT2D eigenvalue weighted by atomic mass is 10.2. The predicted octanol–water partition coefficient (Wildman–Crippen LogP) is 3.64. The second-order valence-corrected chi connectivity index (χ2v) is 9.52. The molecule has 0 bridgehead atoms. The minimum atomic E-state index is -0.0866. The van der Waals surface area contributed by atoms with E-state index in [0.717, 1.165) is 30.6 Å². The Balaban J connectivity index is 1.28. The predicted molar refractivity (Wildman–Crippen MR) is 154 cm³/mol. The maximum Gasteiger partial charge on any atom is 0.270 e. The highest BCUT2D eigenvalue weighted by Gasteiger charge is 2.24. The quantitative estimate of drug-likeness (QED) is 0.289.